The quantitative estimate of drug-likeness (QED) is 0.735. The van der Waals surface area contributed by atoms with Crippen LogP contribution in [0, 0.1) is 6.92 Å². The Morgan fingerprint density at radius 2 is 2.09 bits per heavy atom. The van der Waals surface area contributed by atoms with Crippen molar-refractivity contribution in [1.82, 2.24) is 5.32 Å². The van der Waals surface area contributed by atoms with Gasteiger partial charge < -0.3 is 10.1 Å². The molecule has 3 aromatic rings. The third-order valence-corrected chi connectivity index (χ3v) is 5.66. The minimum Gasteiger partial charge on any atom is -0.375 e. The molecule has 1 aliphatic heterocycles. The number of fused-ring (bicyclic) bond motifs is 2. The van der Waals surface area contributed by atoms with Crippen molar-refractivity contribution >= 4 is 31.5 Å². The maximum Gasteiger partial charge on any atom is 0.196 e. The molecule has 3 nitrogen and oxygen atoms in total. The summed E-state index contributed by atoms with van der Waals surface area (Å²) in [5, 5.41) is 5.06. The zero-order valence-corrected chi connectivity index (χ0v) is 13.9. The van der Waals surface area contributed by atoms with E-state index in [1.807, 2.05) is 24.3 Å². The van der Waals surface area contributed by atoms with E-state index in [1.54, 1.807) is 11.3 Å². The summed E-state index contributed by atoms with van der Waals surface area (Å²) in [4.78, 5) is 13.1. The predicted molar refractivity (Wildman–Crippen MR) is 96.7 cm³/mol. The van der Waals surface area contributed by atoms with Crippen molar-refractivity contribution in [2.75, 3.05) is 19.7 Å². The first-order valence-corrected chi connectivity index (χ1v) is 8.82. The minimum atomic E-state index is 0.143. The smallest absolute Gasteiger partial charge is 0.196 e. The normalized spacial score (nSPS) is 18.6. The van der Waals surface area contributed by atoms with E-state index in [0.717, 1.165) is 51.9 Å². The third-order valence-electron chi connectivity index (χ3n) is 4.52. The van der Waals surface area contributed by atoms with Crippen molar-refractivity contribution in [3.8, 4) is 0 Å². The second-order valence-electron chi connectivity index (χ2n) is 6.06. The number of benzene rings is 2. The molecule has 118 valence electrons. The lowest BCUT2D eigenvalue weighted by Gasteiger charge is -2.24. The maximum absolute atomic E-state index is 13.1. The lowest BCUT2D eigenvalue weighted by molar-refractivity contribution is 0.0293. The Balaban J connectivity index is 1.93. The third kappa shape index (κ3) is 2.67. The van der Waals surface area contributed by atoms with Crippen LogP contribution in [0.25, 0.3) is 20.2 Å². The average Bonchev–Trinajstić information content (AvgIpc) is 2.59. The zero-order chi connectivity index (χ0) is 15.8. The Kier molecular flexibility index (Phi) is 3.89. The topological polar surface area (TPSA) is 38.3 Å². The van der Waals surface area contributed by atoms with Crippen LogP contribution < -0.4 is 10.7 Å². The van der Waals surface area contributed by atoms with Crippen molar-refractivity contribution < 1.29 is 4.74 Å². The van der Waals surface area contributed by atoms with E-state index >= 15 is 0 Å². The highest BCUT2D eigenvalue weighted by atomic mass is 32.1. The molecule has 0 radical (unpaired) electrons. The largest absolute Gasteiger partial charge is 0.375 e. The van der Waals surface area contributed by atoms with Gasteiger partial charge >= 0.3 is 0 Å². The van der Waals surface area contributed by atoms with Gasteiger partial charge in [-0.2, -0.15) is 0 Å². The van der Waals surface area contributed by atoms with Crippen molar-refractivity contribution in [3.63, 3.8) is 0 Å². The van der Waals surface area contributed by atoms with Gasteiger partial charge in [0.2, 0.25) is 0 Å². The number of nitrogens with one attached hydrogen (secondary N) is 1. The molecule has 0 amide bonds. The molecule has 1 N–H and O–H groups in total. The second kappa shape index (κ2) is 6.04. The molecular weight excluding hydrogens is 306 g/mol. The van der Waals surface area contributed by atoms with E-state index in [-0.39, 0.29) is 11.5 Å². The molecule has 23 heavy (non-hydrogen) atoms. The van der Waals surface area contributed by atoms with E-state index in [9.17, 15) is 4.79 Å². The number of morpholine rings is 1. The fourth-order valence-electron chi connectivity index (χ4n) is 3.30. The summed E-state index contributed by atoms with van der Waals surface area (Å²) in [6.07, 6.45) is 0.931. The molecule has 0 saturated carbocycles. The van der Waals surface area contributed by atoms with Gasteiger partial charge in [0.25, 0.3) is 0 Å². The number of ether oxygens (including phenoxy) is 1. The van der Waals surface area contributed by atoms with Crippen LogP contribution in [0.15, 0.2) is 41.2 Å². The zero-order valence-electron chi connectivity index (χ0n) is 13.1. The Hall–Kier alpha value is -1.75. The molecule has 0 bridgehead atoms. The molecule has 1 unspecified atom stereocenters. The summed E-state index contributed by atoms with van der Waals surface area (Å²) in [6.45, 7) is 4.58. The van der Waals surface area contributed by atoms with Gasteiger partial charge in [-0.25, -0.2) is 0 Å². The lowest BCUT2D eigenvalue weighted by atomic mass is 9.97. The Labute approximate surface area is 138 Å². The molecule has 2 aromatic carbocycles. The van der Waals surface area contributed by atoms with Crippen LogP contribution in [-0.2, 0) is 11.2 Å². The van der Waals surface area contributed by atoms with Crippen molar-refractivity contribution in [3.05, 3.63) is 57.7 Å². The second-order valence-corrected chi connectivity index (χ2v) is 7.15. The van der Waals surface area contributed by atoms with Crippen molar-refractivity contribution in [2.45, 2.75) is 19.4 Å². The van der Waals surface area contributed by atoms with Gasteiger partial charge in [-0.15, -0.1) is 11.3 Å². The number of aryl methyl sites for hydroxylation is 1. The van der Waals surface area contributed by atoms with Crippen molar-refractivity contribution in [1.29, 1.82) is 0 Å². The first-order chi connectivity index (χ1) is 11.2. The van der Waals surface area contributed by atoms with Gasteiger partial charge in [-0.05, 0) is 36.2 Å². The summed E-state index contributed by atoms with van der Waals surface area (Å²) < 4.78 is 7.97. The van der Waals surface area contributed by atoms with Gasteiger partial charge in [0.05, 0.1) is 12.7 Å². The summed E-state index contributed by atoms with van der Waals surface area (Å²) in [6, 6.07) is 12.1. The van der Waals surface area contributed by atoms with E-state index in [0.29, 0.717) is 0 Å². The first kappa shape index (κ1) is 14.8. The summed E-state index contributed by atoms with van der Waals surface area (Å²) in [7, 11) is 0. The Morgan fingerprint density at radius 1 is 1.22 bits per heavy atom. The highest BCUT2D eigenvalue weighted by Gasteiger charge is 2.19. The molecular formula is C19H19NO2S. The predicted octanol–water partition coefficient (Wildman–Crippen LogP) is 3.25. The minimum absolute atomic E-state index is 0.143. The van der Waals surface area contributed by atoms with Gasteiger partial charge in [-0.1, -0.05) is 18.2 Å². The fourth-order valence-corrected chi connectivity index (χ4v) is 4.41. The summed E-state index contributed by atoms with van der Waals surface area (Å²) in [5.74, 6) is 0. The molecule has 1 saturated heterocycles. The van der Waals surface area contributed by atoms with E-state index in [1.165, 1.54) is 5.56 Å². The van der Waals surface area contributed by atoms with E-state index < -0.39 is 0 Å². The molecule has 0 spiro atoms. The Morgan fingerprint density at radius 3 is 2.91 bits per heavy atom. The number of hydrogen-bond acceptors (Lipinski definition) is 4. The van der Waals surface area contributed by atoms with Gasteiger partial charge in [0.1, 0.15) is 0 Å². The van der Waals surface area contributed by atoms with Crippen molar-refractivity contribution in [2.24, 2.45) is 0 Å². The molecule has 1 atom stereocenters. The molecule has 1 aromatic heterocycles. The van der Waals surface area contributed by atoms with Crippen LogP contribution in [0.3, 0.4) is 0 Å². The number of hydrogen-bond donors (Lipinski definition) is 1. The highest BCUT2D eigenvalue weighted by molar-refractivity contribution is 7.24. The van der Waals surface area contributed by atoms with Crippen LogP contribution in [-0.4, -0.2) is 25.8 Å². The van der Waals surface area contributed by atoms with Crippen LogP contribution >= 0.6 is 11.3 Å². The van der Waals surface area contributed by atoms with Crippen LogP contribution in [0.2, 0.25) is 0 Å². The standard InChI is InChI=1S/C19H19NO2S/c1-12-6-7-17-18(15(12)10-13-11-20-8-9-22-13)19(21)14-4-2-3-5-16(14)23-17/h2-7,13,20H,8-11H2,1H3. The average molecular weight is 325 g/mol. The van der Waals surface area contributed by atoms with Gasteiger partial charge in [0.15, 0.2) is 5.43 Å². The van der Waals surface area contributed by atoms with Gasteiger partial charge in [0, 0.05) is 39.7 Å². The maximum atomic E-state index is 13.1. The van der Waals surface area contributed by atoms with Crippen LogP contribution in [0.4, 0.5) is 0 Å². The summed E-state index contributed by atoms with van der Waals surface area (Å²) >= 11 is 1.69. The molecule has 4 heteroatoms. The van der Waals surface area contributed by atoms with Gasteiger partial charge in [-0.3, -0.25) is 4.79 Å². The van der Waals surface area contributed by atoms with Crippen LogP contribution in [0.1, 0.15) is 11.1 Å². The molecule has 0 aliphatic carbocycles. The molecule has 2 heterocycles. The molecule has 1 fully saturated rings. The fraction of sp³-hybridized carbons (Fsp3) is 0.316. The van der Waals surface area contributed by atoms with E-state index in [4.69, 9.17) is 4.74 Å². The molecule has 1 aliphatic rings. The van der Waals surface area contributed by atoms with E-state index in [2.05, 4.69) is 24.4 Å². The van der Waals surface area contributed by atoms with Crippen LogP contribution in [0.5, 0.6) is 0 Å². The lowest BCUT2D eigenvalue weighted by Crippen LogP contribution is -2.39. The SMILES string of the molecule is Cc1ccc2sc3ccccc3c(=O)c2c1CC1CNCCO1. The summed E-state index contributed by atoms with van der Waals surface area (Å²) in [5.41, 5.74) is 2.46. The molecule has 4 rings (SSSR count). The first-order valence-electron chi connectivity index (χ1n) is 8.00. The number of rotatable bonds is 2. The Bertz CT molecular complexity index is 926. The highest BCUT2D eigenvalue weighted by Crippen LogP contribution is 2.29. The monoisotopic (exact) mass is 325 g/mol.